The lowest BCUT2D eigenvalue weighted by Crippen LogP contribution is -2.19. The summed E-state index contributed by atoms with van der Waals surface area (Å²) in [5, 5.41) is 14.1. The Morgan fingerprint density at radius 2 is 2.22 bits per heavy atom. The summed E-state index contributed by atoms with van der Waals surface area (Å²) in [5.41, 5.74) is 3.29. The molecule has 1 aromatic carbocycles. The molecule has 1 aliphatic heterocycles. The molecule has 0 bridgehead atoms. The Morgan fingerprint density at radius 1 is 1.33 bits per heavy atom. The van der Waals surface area contributed by atoms with Crippen LogP contribution in [0.5, 0.6) is 0 Å². The van der Waals surface area contributed by atoms with Crippen molar-refractivity contribution in [1.29, 1.82) is 0 Å². The zero-order chi connectivity index (χ0) is 18.8. The Kier molecular flexibility index (Phi) is 5.04. The summed E-state index contributed by atoms with van der Waals surface area (Å²) in [6.07, 6.45) is 1.59. The highest BCUT2D eigenvalue weighted by molar-refractivity contribution is 7.99. The van der Waals surface area contributed by atoms with Crippen LogP contribution >= 0.6 is 23.1 Å². The van der Waals surface area contributed by atoms with E-state index in [4.69, 9.17) is 4.42 Å². The monoisotopic (exact) mass is 400 g/mol. The summed E-state index contributed by atoms with van der Waals surface area (Å²) >= 11 is 2.80. The van der Waals surface area contributed by atoms with Crippen LogP contribution in [0, 0.1) is 6.92 Å². The minimum Gasteiger partial charge on any atom is -0.416 e. The Bertz CT molecular complexity index is 1010. The van der Waals surface area contributed by atoms with Gasteiger partial charge in [0.15, 0.2) is 5.78 Å². The molecule has 0 spiro atoms. The number of nitrogens with one attached hydrogen (secondary N) is 1. The van der Waals surface area contributed by atoms with Crippen LogP contribution in [0.15, 0.2) is 33.2 Å². The Hall–Kier alpha value is -2.52. The van der Waals surface area contributed by atoms with Crippen LogP contribution in [0.25, 0.3) is 0 Å². The van der Waals surface area contributed by atoms with Crippen molar-refractivity contribution in [2.24, 2.45) is 0 Å². The minimum absolute atomic E-state index is 0.0112. The lowest BCUT2D eigenvalue weighted by atomic mass is 9.99. The predicted molar refractivity (Wildman–Crippen MR) is 102 cm³/mol. The van der Waals surface area contributed by atoms with E-state index >= 15 is 0 Å². The van der Waals surface area contributed by atoms with Crippen LogP contribution in [0.3, 0.4) is 0 Å². The van der Waals surface area contributed by atoms with Crippen molar-refractivity contribution in [1.82, 2.24) is 15.2 Å². The van der Waals surface area contributed by atoms with E-state index in [2.05, 4.69) is 20.5 Å². The number of fused-ring (bicyclic) bond motifs is 1. The number of aryl methyl sites for hydroxylation is 2. The third kappa shape index (κ3) is 4.25. The zero-order valence-corrected chi connectivity index (χ0v) is 16.2. The van der Waals surface area contributed by atoms with E-state index in [0.29, 0.717) is 35.9 Å². The van der Waals surface area contributed by atoms with E-state index in [1.807, 2.05) is 18.4 Å². The first-order chi connectivity index (χ1) is 13.1. The summed E-state index contributed by atoms with van der Waals surface area (Å²) < 4.78 is 5.59. The maximum Gasteiger partial charge on any atom is 0.277 e. The summed E-state index contributed by atoms with van der Waals surface area (Å²) in [6.45, 7) is 1.95. The quantitative estimate of drug-likeness (QED) is 0.501. The maximum absolute atomic E-state index is 12.5. The number of Topliss-reactive ketones (excluding diaryl/α,β-unsaturated/α-hetero) is 1. The second-order valence-corrected chi connectivity index (χ2v) is 8.12. The number of thiazole rings is 1. The van der Waals surface area contributed by atoms with Gasteiger partial charge in [-0.2, -0.15) is 0 Å². The number of benzene rings is 1. The summed E-state index contributed by atoms with van der Waals surface area (Å²) in [7, 11) is 0. The lowest BCUT2D eigenvalue weighted by molar-refractivity contribution is -0.116. The maximum atomic E-state index is 12.5. The fourth-order valence-electron chi connectivity index (χ4n) is 2.78. The van der Waals surface area contributed by atoms with E-state index in [0.717, 1.165) is 22.0 Å². The van der Waals surface area contributed by atoms with Gasteiger partial charge in [0, 0.05) is 23.1 Å². The van der Waals surface area contributed by atoms with Crippen molar-refractivity contribution >= 4 is 40.5 Å². The molecular weight excluding hydrogens is 384 g/mol. The van der Waals surface area contributed by atoms with Gasteiger partial charge in [-0.15, -0.1) is 21.5 Å². The van der Waals surface area contributed by atoms with Crippen molar-refractivity contribution in [3.8, 4) is 0 Å². The van der Waals surface area contributed by atoms with Gasteiger partial charge >= 0.3 is 0 Å². The summed E-state index contributed by atoms with van der Waals surface area (Å²) in [4.78, 5) is 28.2. The zero-order valence-electron chi connectivity index (χ0n) is 14.5. The van der Waals surface area contributed by atoms with Crippen LogP contribution in [0.4, 0.5) is 5.69 Å². The van der Waals surface area contributed by atoms with Crippen molar-refractivity contribution < 1.29 is 14.0 Å². The number of nitrogens with zero attached hydrogens (tertiary/aromatic N) is 3. The van der Waals surface area contributed by atoms with Crippen LogP contribution in [-0.2, 0) is 17.6 Å². The first-order valence-corrected chi connectivity index (χ1v) is 10.3. The van der Waals surface area contributed by atoms with Crippen LogP contribution < -0.4 is 5.32 Å². The van der Waals surface area contributed by atoms with Gasteiger partial charge in [-0.05, 0) is 37.1 Å². The largest absolute Gasteiger partial charge is 0.416 e. The third-order valence-electron chi connectivity index (χ3n) is 4.10. The highest BCUT2D eigenvalue weighted by Crippen LogP contribution is 2.25. The first kappa shape index (κ1) is 17.9. The van der Waals surface area contributed by atoms with E-state index < -0.39 is 0 Å². The molecule has 0 radical (unpaired) electrons. The van der Waals surface area contributed by atoms with Gasteiger partial charge in [0.2, 0.25) is 11.8 Å². The van der Waals surface area contributed by atoms with E-state index in [9.17, 15) is 9.59 Å². The standard InChI is InChI=1S/C18H16N4O3S2/c1-10-19-13(8-26-10)7-17-21-22-18(25-17)27-9-15(23)12-2-4-14-11(6-12)3-5-16(24)20-14/h2,4,6,8H,3,5,7,9H2,1H3,(H,20,24). The normalized spacial score (nSPS) is 13.3. The molecule has 0 aliphatic carbocycles. The van der Waals surface area contributed by atoms with Gasteiger partial charge in [0.1, 0.15) is 0 Å². The molecule has 4 rings (SSSR count). The van der Waals surface area contributed by atoms with E-state index in [1.165, 1.54) is 11.8 Å². The number of carbonyl (C=O) groups excluding carboxylic acids is 2. The smallest absolute Gasteiger partial charge is 0.277 e. The van der Waals surface area contributed by atoms with Gasteiger partial charge in [-0.3, -0.25) is 9.59 Å². The molecule has 7 nitrogen and oxygen atoms in total. The van der Waals surface area contributed by atoms with Crippen molar-refractivity contribution in [3.05, 3.63) is 51.3 Å². The molecule has 27 heavy (non-hydrogen) atoms. The highest BCUT2D eigenvalue weighted by Gasteiger charge is 2.17. The molecular formula is C18H16N4O3S2. The number of hydrogen-bond donors (Lipinski definition) is 1. The molecule has 0 unspecified atom stereocenters. The van der Waals surface area contributed by atoms with Gasteiger partial charge in [-0.25, -0.2) is 4.98 Å². The number of carbonyl (C=O) groups is 2. The molecule has 2 aromatic heterocycles. The summed E-state index contributed by atoms with van der Waals surface area (Å²) in [5.74, 6) is 0.689. The highest BCUT2D eigenvalue weighted by atomic mass is 32.2. The Labute approximate surface area is 163 Å². The van der Waals surface area contributed by atoms with Gasteiger partial charge in [0.05, 0.1) is 22.9 Å². The average molecular weight is 400 g/mol. The average Bonchev–Trinajstić information content (AvgIpc) is 3.28. The molecule has 3 aromatic rings. The molecule has 9 heteroatoms. The second kappa shape index (κ2) is 7.61. The topological polar surface area (TPSA) is 98.0 Å². The minimum atomic E-state index is -0.0189. The van der Waals surface area contributed by atoms with Crippen LogP contribution in [-0.4, -0.2) is 32.6 Å². The number of rotatable bonds is 6. The number of aromatic nitrogens is 3. The molecule has 0 saturated carbocycles. The van der Waals surface area contributed by atoms with Gasteiger partial charge in [-0.1, -0.05) is 11.8 Å². The molecule has 0 saturated heterocycles. The fourth-order valence-corrected chi connectivity index (χ4v) is 4.07. The lowest BCUT2D eigenvalue weighted by Gasteiger charge is -2.17. The third-order valence-corrected chi connectivity index (χ3v) is 5.74. The van der Waals surface area contributed by atoms with Crippen LogP contribution in [0.2, 0.25) is 0 Å². The van der Waals surface area contributed by atoms with E-state index in [-0.39, 0.29) is 17.4 Å². The Morgan fingerprint density at radius 3 is 3.04 bits per heavy atom. The molecule has 1 aliphatic rings. The molecule has 1 amide bonds. The number of anilines is 1. The predicted octanol–water partition coefficient (Wildman–Crippen LogP) is 3.29. The molecule has 0 atom stereocenters. The number of ketones is 1. The van der Waals surface area contributed by atoms with Crippen molar-refractivity contribution in [2.75, 3.05) is 11.1 Å². The molecule has 1 N–H and O–H groups in total. The van der Waals surface area contributed by atoms with Crippen molar-refractivity contribution in [2.45, 2.75) is 31.4 Å². The van der Waals surface area contributed by atoms with Gasteiger partial charge in [0.25, 0.3) is 5.22 Å². The second-order valence-electron chi connectivity index (χ2n) is 6.13. The van der Waals surface area contributed by atoms with E-state index in [1.54, 1.807) is 23.5 Å². The molecule has 3 heterocycles. The first-order valence-electron chi connectivity index (χ1n) is 8.39. The number of thioether (sulfide) groups is 1. The molecule has 138 valence electrons. The van der Waals surface area contributed by atoms with Gasteiger partial charge < -0.3 is 9.73 Å². The number of hydrogen-bond acceptors (Lipinski definition) is 8. The van der Waals surface area contributed by atoms with Crippen molar-refractivity contribution in [3.63, 3.8) is 0 Å². The SMILES string of the molecule is Cc1nc(Cc2nnc(SCC(=O)c3ccc4c(c3)CCC(=O)N4)o2)cs1. The number of amides is 1. The summed E-state index contributed by atoms with van der Waals surface area (Å²) in [6, 6.07) is 5.36. The fraction of sp³-hybridized carbons (Fsp3) is 0.278. The molecule has 0 fully saturated rings. The Balaban J connectivity index is 1.36. The van der Waals surface area contributed by atoms with Crippen LogP contribution in [0.1, 0.15) is 38.9 Å².